The number of carbonyl (C=O) groups excluding carboxylic acids is 2. The fraction of sp³-hybridized carbons (Fsp3) is 0.391. The van der Waals surface area contributed by atoms with Crippen LogP contribution < -0.4 is 10.9 Å². The number of para-hydroxylation sites is 1. The van der Waals surface area contributed by atoms with Gasteiger partial charge in [0.25, 0.3) is 17.4 Å². The molecule has 1 fully saturated rings. The number of benzene rings is 1. The van der Waals surface area contributed by atoms with Gasteiger partial charge in [-0.05, 0) is 42.8 Å². The van der Waals surface area contributed by atoms with Crippen LogP contribution in [0, 0.1) is 0 Å². The summed E-state index contributed by atoms with van der Waals surface area (Å²) in [4.78, 5) is 47.2. The molecule has 0 radical (unpaired) electrons. The molecule has 8 heteroatoms. The van der Waals surface area contributed by atoms with E-state index in [1.54, 1.807) is 24.3 Å². The lowest BCUT2D eigenvalue weighted by molar-refractivity contribution is 0.0636. The maximum atomic E-state index is 13.0. The summed E-state index contributed by atoms with van der Waals surface area (Å²) in [5.41, 5.74) is 0.155. The first-order valence-corrected chi connectivity index (χ1v) is 11.6. The lowest BCUT2D eigenvalue weighted by Gasteiger charge is -2.34. The van der Waals surface area contributed by atoms with E-state index in [2.05, 4.69) is 15.3 Å². The second kappa shape index (κ2) is 9.87. The molecule has 162 valence electrons. The number of hydrogen-bond acceptors (Lipinski definition) is 5. The summed E-state index contributed by atoms with van der Waals surface area (Å²) < 4.78 is 0. The summed E-state index contributed by atoms with van der Waals surface area (Å²) in [6.45, 7) is 0.986. The predicted octanol–water partition coefficient (Wildman–Crippen LogP) is 3.58. The van der Waals surface area contributed by atoms with Crippen molar-refractivity contribution in [2.45, 2.75) is 44.6 Å². The van der Waals surface area contributed by atoms with Crippen LogP contribution in [0.3, 0.4) is 0 Å². The first-order chi connectivity index (χ1) is 15.1. The second-order valence-corrected chi connectivity index (χ2v) is 8.76. The van der Waals surface area contributed by atoms with Crippen molar-refractivity contribution >= 4 is 34.1 Å². The monoisotopic (exact) mass is 438 g/mol. The zero-order valence-electron chi connectivity index (χ0n) is 17.3. The van der Waals surface area contributed by atoms with Gasteiger partial charge in [-0.3, -0.25) is 14.4 Å². The molecule has 0 aliphatic heterocycles. The number of thiophene rings is 1. The maximum Gasteiger partial charge on any atom is 0.287 e. The van der Waals surface area contributed by atoms with E-state index in [9.17, 15) is 14.4 Å². The average Bonchev–Trinajstić information content (AvgIpc) is 3.34. The van der Waals surface area contributed by atoms with E-state index in [1.807, 2.05) is 22.4 Å². The summed E-state index contributed by atoms with van der Waals surface area (Å²) in [7, 11) is 0. The molecule has 0 spiro atoms. The van der Waals surface area contributed by atoms with E-state index in [-0.39, 0.29) is 23.3 Å². The van der Waals surface area contributed by atoms with E-state index < -0.39 is 5.91 Å². The highest BCUT2D eigenvalue weighted by molar-refractivity contribution is 7.12. The standard InChI is InChI=1S/C23H26N4O3S/c28-21-17-10-4-5-11-18(17)25-20(26-21)22(29)24-13-7-14-27(16-8-2-1-3-9-16)23(30)19-12-6-15-31-19/h4-6,10-12,15-16H,1-3,7-9,13-14H2,(H,24,29)(H,25,26,28). The molecular weight excluding hydrogens is 412 g/mol. The van der Waals surface area contributed by atoms with Gasteiger partial charge in [0.05, 0.1) is 15.8 Å². The summed E-state index contributed by atoms with van der Waals surface area (Å²) in [5.74, 6) is -0.340. The fourth-order valence-corrected chi connectivity index (χ4v) is 4.79. The molecule has 0 atom stereocenters. The third-order valence-electron chi connectivity index (χ3n) is 5.70. The molecular formula is C23H26N4O3S. The summed E-state index contributed by atoms with van der Waals surface area (Å²) >= 11 is 1.46. The van der Waals surface area contributed by atoms with Crippen LogP contribution >= 0.6 is 11.3 Å². The minimum absolute atomic E-state index is 0.00231. The molecule has 2 amide bonds. The molecule has 7 nitrogen and oxygen atoms in total. The molecule has 2 aromatic heterocycles. The van der Waals surface area contributed by atoms with Crippen LogP contribution in [0.15, 0.2) is 46.6 Å². The predicted molar refractivity (Wildman–Crippen MR) is 122 cm³/mol. The Kier molecular flexibility index (Phi) is 6.76. The van der Waals surface area contributed by atoms with E-state index in [1.165, 1.54) is 17.8 Å². The van der Waals surface area contributed by atoms with Crippen molar-refractivity contribution in [2.75, 3.05) is 13.1 Å². The SMILES string of the molecule is O=C(NCCCN(C(=O)c1cccs1)C1CCCCC1)c1nc2ccccc2c(=O)[nH]1. The lowest BCUT2D eigenvalue weighted by Crippen LogP contribution is -2.42. The molecule has 2 heterocycles. The molecule has 3 aromatic rings. The van der Waals surface area contributed by atoms with Gasteiger partial charge in [0.15, 0.2) is 5.82 Å². The van der Waals surface area contributed by atoms with Gasteiger partial charge >= 0.3 is 0 Å². The largest absolute Gasteiger partial charge is 0.349 e. The van der Waals surface area contributed by atoms with Crippen molar-refractivity contribution in [3.8, 4) is 0 Å². The molecule has 4 rings (SSSR count). The number of aromatic amines is 1. The third-order valence-corrected chi connectivity index (χ3v) is 6.56. The van der Waals surface area contributed by atoms with Crippen molar-refractivity contribution < 1.29 is 9.59 Å². The zero-order valence-corrected chi connectivity index (χ0v) is 18.1. The quantitative estimate of drug-likeness (QED) is 0.551. The van der Waals surface area contributed by atoms with Crippen molar-refractivity contribution in [2.24, 2.45) is 0 Å². The molecule has 31 heavy (non-hydrogen) atoms. The van der Waals surface area contributed by atoms with Crippen molar-refractivity contribution in [3.63, 3.8) is 0 Å². The number of amides is 2. The van der Waals surface area contributed by atoms with Gasteiger partial charge in [-0.15, -0.1) is 11.3 Å². The number of carbonyl (C=O) groups is 2. The molecule has 1 aliphatic carbocycles. The Labute approximate surface area is 184 Å². The number of aromatic nitrogens is 2. The Morgan fingerprint density at radius 3 is 2.71 bits per heavy atom. The molecule has 1 saturated carbocycles. The van der Waals surface area contributed by atoms with Crippen LogP contribution in [0.25, 0.3) is 10.9 Å². The number of nitrogens with one attached hydrogen (secondary N) is 2. The summed E-state index contributed by atoms with van der Waals surface area (Å²) in [5, 5.41) is 5.19. The number of rotatable bonds is 7. The van der Waals surface area contributed by atoms with E-state index in [0.29, 0.717) is 30.4 Å². The maximum absolute atomic E-state index is 13.0. The van der Waals surface area contributed by atoms with Crippen molar-refractivity contribution in [1.29, 1.82) is 0 Å². The molecule has 0 bridgehead atoms. The van der Waals surface area contributed by atoms with Crippen molar-refractivity contribution in [1.82, 2.24) is 20.2 Å². The molecule has 1 aromatic carbocycles. The zero-order chi connectivity index (χ0) is 21.6. The van der Waals surface area contributed by atoms with Gasteiger partial charge in [-0.1, -0.05) is 37.5 Å². The first-order valence-electron chi connectivity index (χ1n) is 10.8. The highest BCUT2D eigenvalue weighted by Gasteiger charge is 2.26. The topological polar surface area (TPSA) is 95.2 Å². The Morgan fingerprint density at radius 1 is 1.13 bits per heavy atom. The third kappa shape index (κ3) is 5.02. The van der Waals surface area contributed by atoms with Gasteiger partial charge in [0.2, 0.25) is 0 Å². The van der Waals surface area contributed by atoms with E-state index in [0.717, 1.165) is 30.6 Å². The van der Waals surface area contributed by atoms with Gasteiger partial charge in [0.1, 0.15) is 0 Å². The van der Waals surface area contributed by atoms with Gasteiger partial charge < -0.3 is 15.2 Å². The molecule has 2 N–H and O–H groups in total. The lowest BCUT2D eigenvalue weighted by atomic mass is 9.94. The molecule has 0 unspecified atom stereocenters. The average molecular weight is 439 g/mol. The number of H-pyrrole nitrogens is 1. The minimum atomic E-state index is -0.420. The van der Waals surface area contributed by atoms with Crippen LogP contribution in [0.5, 0.6) is 0 Å². The van der Waals surface area contributed by atoms with Crippen LogP contribution in [0.2, 0.25) is 0 Å². The smallest absolute Gasteiger partial charge is 0.287 e. The highest BCUT2D eigenvalue weighted by Crippen LogP contribution is 2.25. The summed E-state index contributed by atoms with van der Waals surface area (Å²) in [6, 6.07) is 10.9. The number of nitrogens with zero attached hydrogens (tertiary/aromatic N) is 2. The van der Waals surface area contributed by atoms with Gasteiger partial charge in [-0.2, -0.15) is 0 Å². The normalized spacial score (nSPS) is 14.5. The van der Waals surface area contributed by atoms with Gasteiger partial charge in [0, 0.05) is 19.1 Å². The van der Waals surface area contributed by atoms with Crippen molar-refractivity contribution in [3.05, 3.63) is 62.8 Å². The number of fused-ring (bicyclic) bond motifs is 1. The van der Waals surface area contributed by atoms with Crippen LogP contribution in [-0.2, 0) is 0 Å². The minimum Gasteiger partial charge on any atom is -0.349 e. The summed E-state index contributed by atoms with van der Waals surface area (Å²) in [6.07, 6.45) is 6.23. The Balaban J connectivity index is 1.37. The molecule has 0 saturated heterocycles. The van der Waals surface area contributed by atoms with E-state index in [4.69, 9.17) is 0 Å². The fourth-order valence-electron chi connectivity index (χ4n) is 4.11. The Morgan fingerprint density at radius 2 is 1.94 bits per heavy atom. The molecule has 1 aliphatic rings. The van der Waals surface area contributed by atoms with Gasteiger partial charge in [-0.25, -0.2) is 4.98 Å². The second-order valence-electron chi connectivity index (χ2n) is 7.81. The van der Waals surface area contributed by atoms with Crippen LogP contribution in [-0.4, -0.2) is 45.8 Å². The first kappa shape index (κ1) is 21.2. The Hall–Kier alpha value is -3.00. The Bertz CT molecular complexity index is 1100. The van der Waals surface area contributed by atoms with E-state index >= 15 is 0 Å². The number of hydrogen-bond donors (Lipinski definition) is 2. The highest BCUT2D eigenvalue weighted by atomic mass is 32.1. The van der Waals surface area contributed by atoms with Crippen LogP contribution in [0.4, 0.5) is 0 Å². The van der Waals surface area contributed by atoms with Crippen LogP contribution in [0.1, 0.15) is 58.8 Å².